The van der Waals surface area contributed by atoms with Gasteiger partial charge in [-0.05, 0) is 57.8 Å². The first kappa shape index (κ1) is 14.3. The van der Waals surface area contributed by atoms with E-state index in [9.17, 15) is 9.90 Å². The van der Waals surface area contributed by atoms with Crippen molar-refractivity contribution in [3.8, 4) is 0 Å². The molecule has 0 radical (unpaired) electrons. The Labute approximate surface area is 125 Å². The number of carboxylic acid groups (broad SMARTS) is 1. The van der Waals surface area contributed by atoms with Crippen LogP contribution in [0.5, 0.6) is 0 Å². The zero-order chi connectivity index (χ0) is 15.1. The Morgan fingerprint density at radius 2 is 2.05 bits per heavy atom. The van der Waals surface area contributed by atoms with E-state index in [0.29, 0.717) is 23.3 Å². The molecule has 1 N–H and O–H groups in total. The summed E-state index contributed by atoms with van der Waals surface area (Å²) in [5.41, 5.74) is 1.18. The second-order valence-corrected chi connectivity index (χ2v) is 6.57. The minimum atomic E-state index is -0.895. The highest BCUT2D eigenvalue weighted by Gasteiger charge is 2.44. The standard InChI is InChI=1S/C16H23N3O2/c1-10-4-7-12(16(20)21)15(17-10)19-8-13(11-5-6-11)14(9-19)18(2)3/h4,7,11,13-14H,5-6,8-9H2,1-3H3,(H,20,21)/t13-,14+/m1/s1. The molecule has 2 atom stereocenters. The van der Waals surface area contributed by atoms with Crippen molar-refractivity contribution in [2.45, 2.75) is 25.8 Å². The van der Waals surface area contributed by atoms with Gasteiger partial charge in [0.25, 0.3) is 0 Å². The van der Waals surface area contributed by atoms with Gasteiger partial charge in [0.1, 0.15) is 11.4 Å². The predicted molar refractivity (Wildman–Crippen MR) is 81.8 cm³/mol. The van der Waals surface area contributed by atoms with Crippen LogP contribution in [0.25, 0.3) is 0 Å². The summed E-state index contributed by atoms with van der Waals surface area (Å²) in [5, 5.41) is 9.40. The molecule has 1 aliphatic heterocycles. The Bertz CT molecular complexity index is 544. The molecule has 2 aliphatic rings. The van der Waals surface area contributed by atoms with Crippen molar-refractivity contribution in [1.82, 2.24) is 9.88 Å². The number of carboxylic acids is 1. The number of hydrogen-bond donors (Lipinski definition) is 1. The summed E-state index contributed by atoms with van der Waals surface area (Å²) in [6.45, 7) is 3.70. The lowest BCUT2D eigenvalue weighted by Crippen LogP contribution is -2.36. The van der Waals surface area contributed by atoms with Gasteiger partial charge in [0.15, 0.2) is 0 Å². The number of rotatable bonds is 4. The van der Waals surface area contributed by atoms with Crippen LogP contribution in [0.4, 0.5) is 5.82 Å². The van der Waals surface area contributed by atoms with Crippen molar-refractivity contribution >= 4 is 11.8 Å². The molecule has 1 saturated heterocycles. The normalized spacial score (nSPS) is 25.6. The molecule has 114 valence electrons. The average molecular weight is 289 g/mol. The van der Waals surface area contributed by atoms with Crippen LogP contribution in [0, 0.1) is 18.8 Å². The van der Waals surface area contributed by atoms with Crippen LogP contribution in [0.15, 0.2) is 12.1 Å². The molecule has 2 fully saturated rings. The SMILES string of the molecule is Cc1ccc(C(=O)O)c(N2C[C@H](C3CC3)[C@@H](N(C)C)C2)n1. The lowest BCUT2D eigenvalue weighted by atomic mass is 9.97. The molecule has 0 spiro atoms. The molecule has 1 aromatic rings. The molecule has 21 heavy (non-hydrogen) atoms. The first-order valence-corrected chi connectivity index (χ1v) is 7.59. The monoisotopic (exact) mass is 289 g/mol. The number of pyridine rings is 1. The third kappa shape index (κ3) is 2.75. The first-order valence-electron chi connectivity index (χ1n) is 7.59. The molecule has 5 heteroatoms. The number of aromatic carboxylic acids is 1. The Kier molecular flexibility index (Phi) is 3.61. The maximum Gasteiger partial charge on any atom is 0.339 e. The second kappa shape index (κ2) is 5.30. The number of nitrogens with zero attached hydrogens (tertiary/aromatic N) is 3. The van der Waals surface area contributed by atoms with E-state index in [1.807, 2.05) is 6.92 Å². The summed E-state index contributed by atoms with van der Waals surface area (Å²) < 4.78 is 0. The highest BCUT2D eigenvalue weighted by Crippen LogP contribution is 2.43. The molecular formula is C16H23N3O2. The van der Waals surface area contributed by atoms with Crippen LogP contribution < -0.4 is 4.90 Å². The first-order chi connectivity index (χ1) is 9.97. The van der Waals surface area contributed by atoms with Crippen molar-refractivity contribution in [2.75, 3.05) is 32.1 Å². The largest absolute Gasteiger partial charge is 0.478 e. The van der Waals surface area contributed by atoms with E-state index in [-0.39, 0.29) is 0 Å². The molecule has 0 aromatic carbocycles. The summed E-state index contributed by atoms with van der Waals surface area (Å²) in [7, 11) is 4.23. The molecule has 0 unspecified atom stereocenters. The average Bonchev–Trinajstić information content (AvgIpc) is 3.16. The van der Waals surface area contributed by atoms with Gasteiger partial charge in [-0.3, -0.25) is 0 Å². The van der Waals surface area contributed by atoms with Crippen LogP contribution in [0.3, 0.4) is 0 Å². The maximum atomic E-state index is 11.5. The van der Waals surface area contributed by atoms with Gasteiger partial charge in [-0.2, -0.15) is 0 Å². The Morgan fingerprint density at radius 1 is 1.33 bits per heavy atom. The Morgan fingerprint density at radius 3 is 2.62 bits per heavy atom. The number of aromatic nitrogens is 1. The highest BCUT2D eigenvalue weighted by molar-refractivity contribution is 5.93. The molecule has 2 heterocycles. The van der Waals surface area contributed by atoms with E-state index in [1.54, 1.807) is 12.1 Å². The van der Waals surface area contributed by atoms with Crippen LogP contribution in [0.1, 0.15) is 28.9 Å². The van der Waals surface area contributed by atoms with Crippen molar-refractivity contribution in [2.24, 2.45) is 11.8 Å². The van der Waals surface area contributed by atoms with Crippen molar-refractivity contribution in [3.05, 3.63) is 23.4 Å². The second-order valence-electron chi connectivity index (χ2n) is 6.57. The molecule has 0 bridgehead atoms. The Balaban J connectivity index is 1.90. The molecule has 1 saturated carbocycles. The quantitative estimate of drug-likeness (QED) is 0.917. The van der Waals surface area contributed by atoms with E-state index in [0.717, 1.165) is 24.7 Å². The minimum absolute atomic E-state index is 0.314. The minimum Gasteiger partial charge on any atom is -0.478 e. The van der Waals surface area contributed by atoms with Gasteiger partial charge in [0, 0.05) is 24.8 Å². The van der Waals surface area contributed by atoms with Crippen molar-refractivity contribution < 1.29 is 9.90 Å². The van der Waals surface area contributed by atoms with Gasteiger partial charge in [0.05, 0.1) is 0 Å². The van der Waals surface area contributed by atoms with E-state index in [4.69, 9.17) is 0 Å². The summed E-state index contributed by atoms with van der Waals surface area (Å²) in [5.74, 6) is 1.18. The summed E-state index contributed by atoms with van der Waals surface area (Å²) in [6.07, 6.45) is 2.63. The predicted octanol–water partition coefficient (Wildman–Crippen LogP) is 1.86. The lowest BCUT2D eigenvalue weighted by Gasteiger charge is -2.24. The molecule has 1 aromatic heterocycles. The van der Waals surface area contributed by atoms with Gasteiger partial charge >= 0.3 is 5.97 Å². The molecule has 0 amide bonds. The summed E-state index contributed by atoms with van der Waals surface area (Å²) in [4.78, 5) is 20.4. The third-order valence-corrected chi connectivity index (χ3v) is 4.77. The van der Waals surface area contributed by atoms with Gasteiger partial charge in [-0.1, -0.05) is 0 Å². The fraction of sp³-hybridized carbons (Fsp3) is 0.625. The Hall–Kier alpha value is -1.62. The van der Waals surface area contributed by atoms with E-state index >= 15 is 0 Å². The zero-order valence-corrected chi connectivity index (χ0v) is 12.9. The number of carbonyl (C=O) groups is 1. The molecule has 1 aliphatic carbocycles. The van der Waals surface area contributed by atoms with Crippen LogP contribution >= 0.6 is 0 Å². The topological polar surface area (TPSA) is 56.7 Å². The van der Waals surface area contributed by atoms with Gasteiger partial charge < -0.3 is 14.9 Å². The van der Waals surface area contributed by atoms with Gasteiger partial charge in [0.2, 0.25) is 0 Å². The van der Waals surface area contributed by atoms with E-state index in [2.05, 4.69) is 28.9 Å². The summed E-state index contributed by atoms with van der Waals surface area (Å²) >= 11 is 0. The zero-order valence-electron chi connectivity index (χ0n) is 12.9. The maximum absolute atomic E-state index is 11.5. The molecule has 3 rings (SSSR count). The number of likely N-dealkylation sites (N-methyl/N-ethyl adjacent to an activating group) is 1. The number of aryl methyl sites for hydroxylation is 1. The van der Waals surface area contributed by atoms with E-state index < -0.39 is 5.97 Å². The van der Waals surface area contributed by atoms with E-state index in [1.165, 1.54) is 12.8 Å². The van der Waals surface area contributed by atoms with Gasteiger partial charge in [-0.25, -0.2) is 9.78 Å². The molecule has 5 nitrogen and oxygen atoms in total. The fourth-order valence-electron chi connectivity index (χ4n) is 3.47. The lowest BCUT2D eigenvalue weighted by molar-refractivity contribution is 0.0697. The van der Waals surface area contributed by atoms with Crippen LogP contribution in [0.2, 0.25) is 0 Å². The van der Waals surface area contributed by atoms with Crippen molar-refractivity contribution in [1.29, 1.82) is 0 Å². The van der Waals surface area contributed by atoms with Gasteiger partial charge in [-0.15, -0.1) is 0 Å². The smallest absolute Gasteiger partial charge is 0.339 e. The molecular weight excluding hydrogens is 266 g/mol. The highest BCUT2D eigenvalue weighted by atomic mass is 16.4. The fourth-order valence-corrected chi connectivity index (χ4v) is 3.47. The number of hydrogen-bond acceptors (Lipinski definition) is 4. The third-order valence-electron chi connectivity index (χ3n) is 4.77. The van der Waals surface area contributed by atoms with Crippen molar-refractivity contribution in [3.63, 3.8) is 0 Å². The van der Waals surface area contributed by atoms with Crippen LogP contribution in [-0.2, 0) is 0 Å². The summed E-state index contributed by atoms with van der Waals surface area (Å²) in [6, 6.07) is 3.93. The van der Waals surface area contributed by atoms with Crippen LogP contribution in [-0.4, -0.2) is 54.2 Å². The number of anilines is 1.